The van der Waals surface area contributed by atoms with Crippen LogP contribution in [0.1, 0.15) is 25.3 Å². The Balaban J connectivity index is 0.00000192. The second kappa shape index (κ2) is 6.76. The highest BCUT2D eigenvalue weighted by molar-refractivity contribution is 7.89. The lowest BCUT2D eigenvalue weighted by Crippen LogP contribution is -2.39. The lowest BCUT2D eigenvalue weighted by atomic mass is 10.2. The summed E-state index contributed by atoms with van der Waals surface area (Å²) in [7, 11) is -3.51. The number of halogens is 1. The first-order chi connectivity index (χ1) is 10.4. The summed E-state index contributed by atoms with van der Waals surface area (Å²) in [5, 5.41) is 0. The van der Waals surface area contributed by atoms with E-state index in [9.17, 15) is 13.2 Å². The molecule has 23 heavy (non-hydrogen) atoms. The Bertz CT molecular complexity index is 708. The first-order valence-electron chi connectivity index (χ1n) is 7.58. The van der Waals surface area contributed by atoms with Gasteiger partial charge in [-0.1, -0.05) is 0 Å². The van der Waals surface area contributed by atoms with E-state index < -0.39 is 10.0 Å². The molecule has 6 nitrogen and oxygen atoms in total. The van der Waals surface area contributed by atoms with Crippen molar-refractivity contribution in [1.82, 2.24) is 4.31 Å². The van der Waals surface area contributed by atoms with Gasteiger partial charge in [-0.25, -0.2) is 8.42 Å². The number of carbonyl (C=O) groups is 1. The second-order valence-electron chi connectivity index (χ2n) is 5.86. The van der Waals surface area contributed by atoms with Crippen molar-refractivity contribution in [2.45, 2.75) is 37.1 Å². The molecule has 1 unspecified atom stereocenters. The van der Waals surface area contributed by atoms with Crippen molar-refractivity contribution in [3.63, 3.8) is 0 Å². The molecule has 8 heteroatoms. The van der Waals surface area contributed by atoms with Gasteiger partial charge in [0.2, 0.25) is 15.9 Å². The van der Waals surface area contributed by atoms with Gasteiger partial charge < -0.3 is 10.6 Å². The van der Waals surface area contributed by atoms with E-state index in [2.05, 4.69) is 0 Å². The van der Waals surface area contributed by atoms with Crippen molar-refractivity contribution < 1.29 is 13.2 Å². The van der Waals surface area contributed by atoms with Crippen molar-refractivity contribution >= 4 is 34.0 Å². The summed E-state index contributed by atoms with van der Waals surface area (Å²) >= 11 is 0. The largest absolute Gasteiger partial charge is 0.329 e. The number of nitrogens with zero attached hydrogens (tertiary/aromatic N) is 2. The molecule has 0 spiro atoms. The number of hydrogen-bond donors (Lipinski definition) is 1. The lowest BCUT2D eigenvalue weighted by molar-refractivity contribution is -0.116. The van der Waals surface area contributed by atoms with Crippen LogP contribution in [0.5, 0.6) is 0 Å². The molecule has 2 heterocycles. The van der Waals surface area contributed by atoms with Crippen molar-refractivity contribution in [2.24, 2.45) is 5.73 Å². The molecule has 3 rings (SSSR count). The third-order valence-electron chi connectivity index (χ3n) is 4.53. The van der Waals surface area contributed by atoms with Gasteiger partial charge >= 0.3 is 0 Å². The van der Waals surface area contributed by atoms with Crippen molar-refractivity contribution in [3.05, 3.63) is 23.8 Å². The number of amides is 1. The number of carbonyl (C=O) groups excluding carboxylic acids is 1. The standard InChI is InChI=1S/C15H21N3O3S.ClH/c1-11(19)17-8-6-12-9-14(4-5-15(12)17)22(20,21)18-7-2-3-13(18)10-16;/h4-5,9,13H,2-3,6-8,10,16H2,1H3;1H. The molecule has 1 aromatic carbocycles. The minimum absolute atomic E-state index is 0. The quantitative estimate of drug-likeness (QED) is 0.876. The molecule has 1 saturated heterocycles. The van der Waals surface area contributed by atoms with Crippen molar-refractivity contribution in [3.8, 4) is 0 Å². The Morgan fingerprint density at radius 1 is 1.35 bits per heavy atom. The summed E-state index contributed by atoms with van der Waals surface area (Å²) in [4.78, 5) is 13.6. The molecule has 1 aromatic rings. The van der Waals surface area contributed by atoms with Gasteiger partial charge in [0.05, 0.1) is 4.90 Å². The van der Waals surface area contributed by atoms with Gasteiger partial charge in [-0.15, -0.1) is 12.4 Å². The summed E-state index contributed by atoms with van der Waals surface area (Å²) in [6.45, 7) is 3.02. The van der Waals surface area contributed by atoms with Crippen LogP contribution in [0.2, 0.25) is 0 Å². The normalized spacial score (nSPS) is 21.1. The highest BCUT2D eigenvalue weighted by Gasteiger charge is 2.35. The van der Waals surface area contributed by atoms with E-state index in [1.165, 1.54) is 11.2 Å². The fraction of sp³-hybridized carbons (Fsp3) is 0.533. The van der Waals surface area contributed by atoms with Crippen LogP contribution in [0, 0.1) is 0 Å². The van der Waals surface area contributed by atoms with Gasteiger partial charge in [-0.3, -0.25) is 4.79 Å². The summed E-state index contributed by atoms with van der Waals surface area (Å²) in [6.07, 6.45) is 2.36. The molecule has 128 valence electrons. The fourth-order valence-electron chi connectivity index (χ4n) is 3.36. The third-order valence-corrected chi connectivity index (χ3v) is 6.48. The Kier molecular flexibility index (Phi) is 5.35. The predicted octanol–water partition coefficient (Wildman–Crippen LogP) is 1.13. The van der Waals surface area contributed by atoms with Gasteiger partial charge in [0.1, 0.15) is 0 Å². The van der Waals surface area contributed by atoms with Crippen LogP contribution in [-0.4, -0.2) is 44.3 Å². The Morgan fingerprint density at radius 3 is 2.74 bits per heavy atom. The molecule has 0 aliphatic carbocycles. The zero-order valence-corrected chi connectivity index (χ0v) is 14.7. The van der Waals surface area contributed by atoms with E-state index in [0.717, 1.165) is 24.1 Å². The van der Waals surface area contributed by atoms with Crippen LogP contribution in [0.3, 0.4) is 0 Å². The maximum atomic E-state index is 12.8. The molecule has 1 atom stereocenters. The predicted molar refractivity (Wildman–Crippen MR) is 91.4 cm³/mol. The van der Waals surface area contributed by atoms with Gasteiger partial charge in [0.15, 0.2) is 0 Å². The fourth-order valence-corrected chi connectivity index (χ4v) is 5.12. The van der Waals surface area contributed by atoms with E-state index in [-0.39, 0.29) is 24.4 Å². The first-order valence-corrected chi connectivity index (χ1v) is 9.02. The Morgan fingerprint density at radius 2 is 2.09 bits per heavy atom. The molecular formula is C15H22ClN3O3S. The van der Waals surface area contributed by atoms with Crippen molar-refractivity contribution in [2.75, 3.05) is 24.5 Å². The summed E-state index contributed by atoms with van der Waals surface area (Å²) < 4.78 is 27.1. The minimum Gasteiger partial charge on any atom is -0.329 e. The van der Waals surface area contributed by atoms with Gasteiger partial charge in [0.25, 0.3) is 0 Å². The molecular weight excluding hydrogens is 338 g/mol. The van der Waals surface area contributed by atoms with Crippen LogP contribution in [0.15, 0.2) is 23.1 Å². The summed E-state index contributed by atoms with van der Waals surface area (Å²) in [5.74, 6) is -0.0166. The zero-order chi connectivity index (χ0) is 15.9. The Labute approximate surface area is 143 Å². The number of hydrogen-bond acceptors (Lipinski definition) is 4. The average Bonchev–Trinajstić information content (AvgIpc) is 3.13. The average molecular weight is 360 g/mol. The monoisotopic (exact) mass is 359 g/mol. The van der Waals surface area contributed by atoms with Crippen LogP contribution >= 0.6 is 12.4 Å². The zero-order valence-electron chi connectivity index (χ0n) is 13.1. The molecule has 0 saturated carbocycles. The van der Waals surface area contributed by atoms with Crippen LogP contribution < -0.4 is 10.6 Å². The maximum absolute atomic E-state index is 12.8. The molecule has 2 aliphatic heterocycles. The smallest absolute Gasteiger partial charge is 0.243 e. The SMILES string of the molecule is CC(=O)N1CCc2cc(S(=O)(=O)N3CCCC3CN)ccc21.Cl. The molecule has 2 aliphatic rings. The van der Waals surface area contributed by atoms with Crippen LogP contribution in [0.25, 0.3) is 0 Å². The van der Waals surface area contributed by atoms with Gasteiger partial charge in [0, 0.05) is 38.3 Å². The van der Waals surface area contributed by atoms with E-state index in [0.29, 0.717) is 31.0 Å². The number of nitrogens with two attached hydrogens (primary N) is 1. The number of fused-ring (bicyclic) bond motifs is 1. The molecule has 0 bridgehead atoms. The van der Waals surface area contributed by atoms with E-state index in [1.54, 1.807) is 23.1 Å². The first kappa shape index (κ1) is 18.2. The molecule has 1 fully saturated rings. The molecule has 0 radical (unpaired) electrons. The number of rotatable bonds is 3. The highest BCUT2D eigenvalue weighted by atomic mass is 35.5. The highest BCUT2D eigenvalue weighted by Crippen LogP contribution is 2.32. The summed E-state index contributed by atoms with van der Waals surface area (Å²) in [6, 6.07) is 4.94. The van der Waals surface area contributed by atoms with Gasteiger partial charge in [-0.05, 0) is 43.0 Å². The topological polar surface area (TPSA) is 83.7 Å². The minimum atomic E-state index is -3.51. The van der Waals surface area contributed by atoms with E-state index in [1.807, 2.05) is 0 Å². The van der Waals surface area contributed by atoms with E-state index >= 15 is 0 Å². The summed E-state index contributed by atoms with van der Waals surface area (Å²) in [5.41, 5.74) is 7.43. The van der Waals surface area contributed by atoms with Crippen molar-refractivity contribution in [1.29, 1.82) is 0 Å². The molecule has 1 amide bonds. The van der Waals surface area contributed by atoms with Gasteiger partial charge in [-0.2, -0.15) is 4.31 Å². The molecule has 2 N–H and O–H groups in total. The third kappa shape index (κ3) is 3.10. The molecule has 0 aromatic heterocycles. The lowest BCUT2D eigenvalue weighted by Gasteiger charge is -2.23. The maximum Gasteiger partial charge on any atom is 0.243 e. The van der Waals surface area contributed by atoms with E-state index in [4.69, 9.17) is 5.73 Å². The number of anilines is 1. The number of sulfonamides is 1. The van der Waals surface area contributed by atoms with Crippen LogP contribution in [0.4, 0.5) is 5.69 Å². The Hall–Kier alpha value is -1.15. The second-order valence-corrected chi connectivity index (χ2v) is 7.75. The van der Waals surface area contributed by atoms with Crippen LogP contribution in [-0.2, 0) is 21.2 Å². The number of benzene rings is 1.